The molecule has 1 saturated heterocycles. The maximum absolute atomic E-state index is 5.51. The summed E-state index contributed by atoms with van der Waals surface area (Å²) >= 11 is 1.72. The van der Waals surface area contributed by atoms with Crippen LogP contribution in [-0.2, 0) is 5.54 Å². The van der Waals surface area contributed by atoms with Gasteiger partial charge >= 0.3 is 0 Å². The summed E-state index contributed by atoms with van der Waals surface area (Å²) in [6.07, 6.45) is 1.11. The summed E-state index contributed by atoms with van der Waals surface area (Å²) in [5, 5.41) is 4.41. The van der Waals surface area contributed by atoms with E-state index in [1.54, 1.807) is 18.4 Å². The first-order valence-electron chi connectivity index (χ1n) is 11.3. The van der Waals surface area contributed by atoms with Gasteiger partial charge in [0.2, 0.25) is 0 Å². The third kappa shape index (κ3) is 3.70. The van der Waals surface area contributed by atoms with Crippen molar-refractivity contribution in [3.05, 3.63) is 70.9 Å². The topological polar surface area (TPSA) is 61.5 Å². The number of aryl methyl sites for hydroxylation is 1. The van der Waals surface area contributed by atoms with Gasteiger partial charge in [0.25, 0.3) is 0 Å². The van der Waals surface area contributed by atoms with Crippen LogP contribution in [0.25, 0.3) is 16.1 Å². The second-order valence-corrected chi connectivity index (χ2v) is 9.97. The standard InChI is InChI=1S/C26H31N5OS/c1-16-8-6-11-21-22(16)29-30-26(21,3)25-28-23(17(2)31-13-12-19(15-31)27-4)24(33-25)18-9-7-10-20(14-18)32-5/h6-11,14,19,27,29-30H,2,12-13,15H2,1,3-5H3/t19-,26?/m0/s1. The summed E-state index contributed by atoms with van der Waals surface area (Å²) in [5.41, 5.74) is 13.1. The Morgan fingerprint density at radius 1 is 1.30 bits per heavy atom. The van der Waals surface area contributed by atoms with Crippen LogP contribution < -0.4 is 20.9 Å². The second kappa shape index (κ2) is 8.48. The quantitative estimate of drug-likeness (QED) is 0.499. The Kier molecular flexibility index (Phi) is 5.64. The molecule has 3 aromatic rings. The number of rotatable bonds is 6. The van der Waals surface area contributed by atoms with E-state index in [1.165, 1.54) is 11.1 Å². The van der Waals surface area contributed by atoms with E-state index >= 15 is 0 Å². The van der Waals surface area contributed by atoms with E-state index in [1.807, 2.05) is 19.2 Å². The van der Waals surface area contributed by atoms with Crippen LogP contribution >= 0.6 is 11.3 Å². The molecule has 172 valence electrons. The van der Waals surface area contributed by atoms with Crippen LogP contribution in [0.5, 0.6) is 5.75 Å². The van der Waals surface area contributed by atoms with Crippen molar-refractivity contribution in [2.24, 2.45) is 0 Å². The SMILES string of the molecule is C=C(c1nc(C2(C)NNc3c(C)cccc32)sc1-c1cccc(OC)c1)N1CC[C@H](NC)C1. The number of likely N-dealkylation sites (tertiary alicyclic amines) is 1. The molecule has 0 bridgehead atoms. The Hall–Kier alpha value is -2.87. The summed E-state index contributed by atoms with van der Waals surface area (Å²) in [6, 6.07) is 15.1. The first kappa shape index (κ1) is 21.9. The van der Waals surface area contributed by atoms with Crippen molar-refractivity contribution in [3.63, 3.8) is 0 Å². The number of nitrogens with zero attached hydrogens (tertiary/aromatic N) is 2. The Labute approximate surface area is 199 Å². The Morgan fingerprint density at radius 3 is 2.88 bits per heavy atom. The number of hydrogen-bond acceptors (Lipinski definition) is 7. The van der Waals surface area contributed by atoms with Crippen LogP contribution in [0.2, 0.25) is 0 Å². The number of nitrogens with one attached hydrogen (secondary N) is 3. The molecule has 0 aliphatic carbocycles. The lowest BCUT2D eigenvalue weighted by Crippen LogP contribution is -2.37. The smallest absolute Gasteiger partial charge is 0.120 e. The monoisotopic (exact) mass is 461 g/mol. The zero-order valence-corrected chi connectivity index (χ0v) is 20.5. The highest BCUT2D eigenvalue weighted by Gasteiger charge is 2.40. The maximum Gasteiger partial charge on any atom is 0.120 e. The number of likely N-dealkylation sites (N-methyl/N-ethyl adjacent to an activating group) is 1. The van der Waals surface area contributed by atoms with E-state index in [0.717, 1.165) is 57.8 Å². The molecule has 1 fully saturated rings. The van der Waals surface area contributed by atoms with Gasteiger partial charge in [-0.1, -0.05) is 36.9 Å². The van der Waals surface area contributed by atoms with Gasteiger partial charge < -0.3 is 20.4 Å². The molecule has 2 aliphatic rings. The normalized spacial score (nSPS) is 21.7. The van der Waals surface area contributed by atoms with Crippen molar-refractivity contribution in [1.29, 1.82) is 0 Å². The first-order valence-corrected chi connectivity index (χ1v) is 12.2. The lowest BCUT2D eigenvalue weighted by molar-refractivity contribution is 0.415. The molecule has 2 aliphatic heterocycles. The van der Waals surface area contributed by atoms with Crippen molar-refractivity contribution in [1.82, 2.24) is 20.6 Å². The molecule has 0 radical (unpaired) electrons. The van der Waals surface area contributed by atoms with Crippen LogP contribution in [0.1, 0.15) is 35.2 Å². The van der Waals surface area contributed by atoms with E-state index in [9.17, 15) is 0 Å². The minimum absolute atomic E-state index is 0.434. The highest BCUT2D eigenvalue weighted by Crippen LogP contribution is 2.45. The Morgan fingerprint density at radius 2 is 2.12 bits per heavy atom. The van der Waals surface area contributed by atoms with Crippen LogP contribution in [0.15, 0.2) is 49.0 Å². The van der Waals surface area contributed by atoms with Crippen molar-refractivity contribution in [2.75, 3.05) is 32.7 Å². The van der Waals surface area contributed by atoms with Crippen molar-refractivity contribution in [3.8, 4) is 16.2 Å². The minimum Gasteiger partial charge on any atom is -0.497 e. The fourth-order valence-corrected chi connectivity index (χ4v) is 5.95. The van der Waals surface area contributed by atoms with E-state index in [-0.39, 0.29) is 0 Å². The van der Waals surface area contributed by atoms with Gasteiger partial charge in [-0.2, -0.15) is 0 Å². The van der Waals surface area contributed by atoms with Crippen LogP contribution in [0, 0.1) is 6.92 Å². The van der Waals surface area contributed by atoms with Gasteiger partial charge in [-0.15, -0.1) is 11.3 Å². The molecule has 0 amide bonds. The third-order valence-corrected chi connectivity index (χ3v) is 8.21. The molecule has 1 unspecified atom stereocenters. The minimum atomic E-state index is -0.434. The van der Waals surface area contributed by atoms with Crippen molar-refractivity contribution < 1.29 is 4.74 Å². The summed E-state index contributed by atoms with van der Waals surface area (Å²) in [5.74, 6) is 0.836. The number of aromatic nitrogens is 1. The molecule has 6 nitrogen and oxygen atoms in total. The van der Waals surface area contributed by atoms with E-state index in [4.69, 9.17) is 9.72 Å². The van der Waals surface area contributed by atoms with Crippen molar-refractivity contribution in [2.45, 2.75) is 31.8 Å². The average Bonchev–Trinajstić information content (AvgIpc) is 3.57. The highest BCUT2D eigenvalue weighted by molar-refractivity contribution is 7.15. The molecule has 2 aromatic carbocycles. The lowest BCUT2D eigenvalue weighted by Gasteiger charge is -2.22. The summed E-state index contributed by atoms with van der Waals surface area (Å²) < 4.78 is 5.51. The number of hydrogen-bond donors (Lipinski definition) is 3. The molecule has 1 aromatic heterocycles. The predicted octanol–water partition coefficient (Wildman–Crippen LogP) is 4.59. The molecule has 0 saturated carbocycles. The molecule has 5 rings (SSSR count). The highest BCUT2D eigenvalue weighted by atomic mass is 32.1. The van der Waals surface area contributed by atoms with E-state index in [2.05, 4.69) is 71.8 Å². The number of hydrazine groups is 1. The first-order chi connectivity index (χ1) is 15.9. The molecule has 3 heterocycles. The van der Waals surface area contributed by atoms with Gasteiger partial charge in [-0.05, 0) is 50.6 Å². The number of para-hydroxylation sites is 1. The zero-order valence-electron chi connectivity index (χ0n) is 19.7. The van der Waals surface area contributed by atoms with E-state index < -0.39 is 5.54 Å². The van der Waals surface area contributed by atoms with Gasteiger partial charge in [-0.3, -0.25) is 0 Å². The lowest BCUT2D eigenvalue weighted by atomic mass is 9.92. The van der Waals surface area contributed by atoms with Crippen LogP contribution in [0.3, 0.4) is 0 Å². The number of anilines is 1. The molecule has 2 atom stereocenters. The van der Waals surface area contributed by atoms with Gasteiger partial charge in [-0.25, -0.2) is 10.4 Å². The number of fused-ring (bicyclic) bond motifs is 1. The van der Waals surface area contributed by atoms with E-state index in [0.29, 0.717) is 6.04 Å². The third-order valence-electron chi connectivity index (χ3n) is 6.89. The average molecular weight is 462 g/mol. The molecular formula is C26H31N5OS. The number of benzene rings is 2. The van der Waals surface area contributed by atoms with Crippen LogP contribution in [-0.4, -0.2) is 43.2 Å². The second-order valence-electron chi connectivity index (χ2n) is 8.97. The summed E-state index contributed by atoms with van der Waals surface area (Å²) in [6.45, 7) is 10.7. The predicted molar refractivity (Wildman–Crippen MR) is 137 cm³/mol. The largest absolute Gasteiger partial charge is 0.497 e. The Balaban J connectivity index is 1.62. The van der Waals surface area contributed by atoms with Gasteiger partial charge in [0.05, 0.1) is 23.4 Å². The molecular weight excluding hydrogens is 430 g/mol. The Bertz CT molecular complexity index is 1210. The fourth-order valence-electron chi connectivity index (χ4n) is 4.75. The fraction of sp³-hybridized carbons (Fsp3) is 0.346. The van der Waals surface area contributed by atoms with Crippen molar-refractivity contribution >= 4 is 22.7 Å². The van der Waals surface area contributed by atoms with Gasteiger partial charge in [0.1, 0.15) is 22.0 Å². The molecule has 0 spiro atoms. The molecule has 33 heavy (non-hydrogen) atoms. The number of thiazole rings is 1. The zero-order chi connectivity index (χ0) is 23.2. The molecule has 7 heteroatoms. The van der Waals surface area contributed by atoms with Crippen LogP contribution in [0.4, 0.5) is 5.69 Å². The number of methoxy groups -OCH3 is 1. The maximum atomic E-state index is 5.51. The summed E-state index contributed by atoms with van der Waals surface area (Å²) in [7, 11) is 3.73. The number of ether oxygens (including phenoxy) is 1. The summed E-state index contributed by atoms with van der Waals surface area (Å²) in [4.78, 5) is 8.70. The van der Waals surface area contributed by atoms with Gasteiger partial charge in [0, 0.05) is 24.7 Å². The van der Waals surface area contributed by atoms with Gasteiger partial charge in [0.15, 0.2) is 0 Å². The molecule has 3 N–H and O–H groups in total.